The quantitative estimate of drug-likeness (QED) is 0.730. The molecule has 0 fully saturated rings. The van der Waals surface area contributed by atoms with Crippen LogP contribution >= 0.6 is 23.5 Å². The van der Waals surface area contributed by atoms with Crippen LogP contribution in [0.3, 0.4) is 0 Å². The van der Waals surface area contributed by atoms with Gasteiger partial charge in [0, 0.05) is 29.4 Å². The molecule has 0 radical (unpaired) electrons. The van der Waals surface area contributed by atoms with Crippen molar-refractivity contribution in [3.8, 4) is 0 Å². The normalized spacial score (nSPS) is 16.0. The third kappa shape index (κ3) is 5.28. The molecule has 0 unspecified atom stereocenters. The summed E-state index contributed by atoms with van der Waals surface area (Å²) in [4.78, 5) is 25.2. The zero-order chi connectivity index (χ0) is 17.5. The van der Waals surface area contributed by atoms with Crippen LogP contribution in [0.15, 0.2) is 59.5 Å². The van der Waals surface area contributed by atoms with Gasteiger partial charge in [-0.1, -0.05) is 42.5 Å². The fourth-order valence-electron chi connectivity index (χ4n) is 2.49. The standard InChI is InChI=1S/C19H20N2O2S2/c22-18(20-10-11-24-13-14-6-2-1-3-7-14)12-17-19(23)21-15-8-4-5-9-16(15)25-17/h1-9,17H,10-13H2,(H,20,22)(H,21,23)/t17-/m0/s1. The molecule has 6 heteroatoms. The summed E-state index contributed by atoms with van der Waals surface area (Å²) < 4.78 is 0. The van der Waals surface area contributed by atoms with Crippen LogP contribution in [0, 0.1) is 0 Å². The van der Waals surface area contributed by atoms with Crippen LogP contribution in [-0.4, -0.2) is 29.4 Å². The Balaban J connectivity index is 1.37. The van der Waals surface area contributed by atoms with Gasteiger partial charge in [-0.15, -0.1) is 11.8 Å². The summed E-state index contributed by atoms with van der Waals surface area (Å²) in [5.74, 6) is 1.62. The summed E-state index contributed by atoms with van der Waals surface area (Å²) >= 11 is 3.24. The highest BCUT2D eigenvalue weighted by Crippen LogP contribution is 2.36. The van der Waals surface area contributed by atoms with Crippen molar-refractivity contribution < 1.29 is 9.59 Å². The number of amides is 2. The Morgan fingerprint density at radius 1 is 1.12 bits per heavy atom. The minimum absolute atomic E-state index is 0.0765. The Bertz CT molecular complexity index is 737. The van der Waals surface area contributed by atoms with Crippen LogP contribution < -0.4 is 10.6 Å². The summed E-state index contributed by atoms with van der Waals surface area (Å²) in [6.45, 7) is 0.617. The number of anilines is 1. The van der Waals surface area contributed by atoms with Gasteiger partial charge in [0.15, 0.2) is 0 Å². The molecule has 0 spiro atoms. The maximum atomic E-state index is 12.1. The van der Waals surface area contributed by atoms with Gasteiger partial charge in [-0.25, -0.2) is 0 Å². The van der Waals surface area contributed by atoms with E-state index < -0.39 is 0 Å². The van der Waals surface area contributed by atoms with Gasteiger partial charge in [0.1, 0.15) is 0 Å². The van der Waals surface area contributed by atoms with E-state index in [-0.39, 0.29) is 23.5 Å². The van der Waals surface area contributed by atoms with Crippen molar-refractivity contribution in [3.63, 3.8) is 0 Å². The first-order chi connectivity index (χ1) is 12.2. The molecule has 2 aromatic carbocycles. The number of hydrogen-bond acceptors (Lipinski definition) is 4. The topological polar surface area (TPSA) is 58.2 Å². The highest BCUT2D eigenvalue weighted by molar-refractivity contribution is 8.01. The van der Waals surface area contributed by atoms with Crippen molar-refractivity contribution in [1.29, 1.82) is 0 Å². The maximum Gasteiger partial charge on any atom is 0.238 e. The van der Waals surface area contributed by atoms with E-state index in [1.165, 1.54) is 17.3 Å². The first kappa shape index (κ1) is 17.9. The summed E-state index contributed by atoms with van der Waals surface area (Å²) in [5, 5.41) is 5.41. The van der Waals surface area contributed by atoms with Gasteiger partial charge in [-0.3, -0.25) is 9.59 Å². The summed E-state index contributed by atoms with van der Waals surface area (Å²) in [7, 11) is 0. The van der Waals surface area contributed by atoms with Crippen LogP contribution in [0.25, 0.3) is 0 Å². The number of benzene rings is 2. The van der Waals surface area contributed by atoms with E-state index in [1.54, 1.807) is 11.8 Å². The van der Waals surface area contributed by atoms with Gasteiger partial charge in [-0.05, 0) is 17.7 Å². The van der Waals surface area contributed by atoms with Gasteiger partial charge in [-0.2, -0.15) is 11.8 Å². The third-order valence-electron chi connectivity index (χ3n) is 3.76. The van der Waals surface area contributed by atoms with E-state index in [0.717, 1.165) is 22.1 Å². The highest BCUT2D eigenvalue weighted by atomic mass is 32.2. The van der Waals surface area contributed by atoms with E-state index >= 15 is 0 Å². The van der Waals surface area contributed by atoms with E-state index in [0.29, 0.717) is 6.54 Å². The van der Waals surface area contributed by atoms with E-state index in [1.807, 2.05) is 42.5 Å². The molecule has 25 heavy (non-hydrogen) atoms. The van der Waals surface area contributed by atoms with Gasteiger partial charge >= 0.3 is 0 Å². The van der Waals surface area contributed by atoms with Crippen molar-refractivity contribution in [3.05, 3.63) is 60.2 Å². The zero-order valence-electron chi connectivity index (χ0n) is 13.7. The molecule has 0 bridgehead atoms. The summed E-state index contributed by atoms with van der Waals surface area (Å²) in [6.07, 6.45) is 0.203. The monoisotopic (exact) mass is 372 g/mol. The predicted molar refractivity (Wildman–Crippen MR) is 105 cm³/mol. The number of carbonyl (C=O) groups excluding carboxylic acids is 2. The summed E-state index contributed by atoms with van der Waals surface area (Å²) in [6, 6.07) is 17.9. The minimum Gasteiger partial charge on any atom is -0.355 e. The lowest BCUT2D eigenvalue weighted by Crippen LogP contribution is -2.35. The molecule has 3 rings (SSSR count). The maximum absolute atomic E-state index is 12.1. The first-order valence-electron chi connectivity index (χ1n) is 8.17. The Morgan fingerprint density at radius 2 is 1.88 bits per heavy atom. The molecule has 1 aliphatic heterocycles. The van der Waals surface area contributed by atoms with E-state index in [2.05, 4.69) is 22.8 Å². The number of nitrogens with one attached hydrogen (secondary N) is 2. The van der Waals surface area contributed by atoms with Crippen LogP contribution in [0.1, 0.15) is 12.0 Å². The number of thioether (sulfide) groups is 2. The third-order valence-corrected chi connectivity index (χ3v) is 6.06. The molecular formula is C19H20N2O2S2. The van der Waals surface area contributed by atoms with Gasteiger partial charge < -0.3 is 10.6 Å². The smallest absolute Gasteiger partial charge is 0.238 e. The largest absolute Gasteiger partial charge is 0.355 e. The van der Waals surface area contributed by atoms with Gasteiger partial charge in [0.2, 0.25) is 11.8 Å². The fourth-order valence-corrected chi connectivity index (χ4v) is 4.42. The fraction of sp³-hybridized carbons (Fsp3) is 0.263. The summed E-state index contributed by atoms with van der Waals surface area (Å²) in [5.41, 5.74) is 2.11. The zero-order valence-corrected chi connectivity index (χ0v) is 15.4. The number of para-hydroxylation sites is 1. The number of carbonyl (C=O) groups is 2. The molecule has 0 aliphatic carbocycles. The van der Waals surface area contributed by atoms with Gasteiger partial charge in [0.05, 0.1) is 10.9 Å². The van der Waals surface area contributed by atoms with Crippen molar-refractivity contribution in [2.75, 3.05) is 17.6 Å². The lowest BCUT2D eigenvalue weighted by atomic mass is 10.2. The predicted octanol–water partition coefficient (Wildman–Crippen LogP) is 3.54. The molecule has 0 aromatic heterocycles. The van der Waals surface area contributed by atoms with E-state index in [9.17, 15) is 9.59 Å². The molecular weight excluding hydrogens is 352 g/mol. The lowest BCUT2D eigenvalue weighted by molar-refractivity contribution is -0.123. The molecule has 0 saturated carbocycles. The number of rotatable bonds is 7. The van der Waals surface area contributed by atoms with Gasteiger partial charge in [0.25, 0.3) is 0 Å². The van der Waals surface area contributed by atoms with Crippen LogP contribution in [0.5, 0.6) is 0 Å². The van der Waals surface area contributed by atoms with Crippen LogP contribution in [0.2, 0.25) is 0 Å². The average molecular weight is 373 g/mol. The SMILES string of the molecule is O=C(C[C@@H]1Sc2ccccc2NC1=O)NCCSCc1ccccc1. The molecule has 130 valence electrons. The number of fused-ring (bicyclic) bond motifs is 1. The van der Waals surface area contributed by atoms with Crippen LogP contribution in [-0.2, 0) is 15.3 Å². The Morgan fingerprint density at radius 3 is 2.72 bits per heavy atom. The molecule has 1 aliphatic rings. The van der Waals surface area contributed by atoms with Crippen LogP contribution in [0.4, 0.5) is 5.69 Å². The average Bonchev–Trinajstić information content (AvgIpc) is 2.63. The highest BCUT2D eigenvalue weighted by Gasteiger charge is 2.28. The lowest BCUT2D eigenvalue weighted by Gasteiger charge is -2.23. The second-order valence-corrected chi connectivity index (χ2v) is 8.03. The molecule has 0 saturated heterocycles. The number of hydrogen-bond donors (Lipinski definition) is 2. The molecule has 2 N–H and O–H groups in total. The van der Waals surface area contributed by atoms with Crippen molar-refractivity contribution in [2.24, 2.45) is 0 Å². The molecule has 1 atom stereocenters. The molecule has 1 heterocycles. The van der Waals surface area contributed by atoms with Crippen molar-refractivity contribution in [1.82, 2.24) is 5.32 Å². The second-order valence-electron chi connectivity index (χ2n) is 5.68. The Hall–Kier alpha value is -1.92. The minimum atomic E-state index is -0.369. The molecule has 2 aromatic rings. The first-order valence-corrected chi connectivity index (χ1v) is 10.2. The molecule has 2 amide bonds. The van der Waals surface area contributed by atoms with Crippen molar-refractivity contribution >= 4 is 41.0 Å². The van der Waals surface area contributed by atoms with Crippen molar-refractivity contribution in [2.45, 2.75) is 22.3 Å². The Labute approximate surface area is 156 Å². The second kappa shape index (κ2) is 8.97. The van der Waals surface area contributed by atoms with E-state index in [4.69, 9.17) is 0 Å². The Kier molecular flexibility index (Phi) is 6.42. The molecule has 4 nitrogen and oxygen atoms in total.